The molecule has 0 spiro atoms. The fourth-order valence-corrected chi connectivity index (χ4v) is 4.16. The minimum absolute atomic E-state index is 0.0512. The highest BCUT2D eigenvalue weighted by atomic mass is 16.5. The number of aromatic nitrogens is 2. The number of hydrogen-bond donors (Lipinski definition) is 1. The number of ketones is 1. The van der Waals surface area contributed by atoms with Gasteiger partial charge in [-0.25, -0.2) is 0 Å². The number of nitrogens with zero attached hydrogens (tertiary/aromatic N) is 2. The summed E-state index contributed by atoms with van der Waals surface area (Å²) in [6.45, 7) is 0. The molecule has 1 aliphatic rings. The Labute approximate surface area is 177 Å². The van der Waals surface area contributed by atoms with E-state index in [1.165, 1.54) is 11.1 Å². The Hall–Kier alpha value is -2.92. The fraction of sp³-hybridized carbons (Fsp3) is 0.360. The minimum atomic E-state index is -0.425. The number of aliphatic hydroxyl groups is 1. The molecule has 4 rings (SSSR count). The van der Waals surface area contributed by atoms with Crippen LogP contribution in [0.5, 0.6) is 11.5 Å². The second-order valence-electron chi connectivity index (χ2n) is 8.21. The Bertz CT molecular complexity index is 969. The lowest BCUT2D eigenvalue weighted by atomic mass is 9.95. The van der Waals surface area contributed by atoms with Gasteiger partial charge in [-0.05, 0) is 73.4 Å². The van der Waals surface area contributed by atoms with E-state index in [0.717, 1.165) is 25.7 Å². The molecule has 1 atom stereocenters. The highest BCUT2D eigenvalue weighted by Gasteiger charge is 2.21. The molecule has 1 heterocycles. The van der Waals surface area contributed by atoms with Crippen LogP contribution in [0.3, 0.4) is 0 Å². The predicted octanol–water partition coefficient (Wildman–Crippen LogP) is 4.73. The first kappa shape index (κ1) is 20.4. The van der Waals surface area contributed by atoms with Crippen molar-refractivity contribution in [3.8, 4) is 11.5 Å². The first-order chi connectivity index (χ1) is 14.6. The van der Waals surface area contributed by atoms with Crippen LogP contribution in [0.2, 0.25) is 0 Å². The van der Waals surface area contributed by atoms with Gasteiger partial charge in [-0.2, -0.15) is 5.10 Å². The molecular formula is C25H28N2O3. The summed E-state index contributed by atoms with van der Waals surface area (Å²) in [7, 11) is 1.83. The maximum Gasteiger partial charge on any atom is 0.165 e. The second kappa shape index (κ2) is 9.26. The zero-order chi connectivity index (χ0) is 20.9. The van der Waals surface area contributed by atoms with Gasteiger partial charge >= 0.3 is 0 Å². The van der Waals surface area contributed by atoms with Crippen molar-refractivity contribution in [1.82, 2.24) is 9.78 Å². The molecule has 0 saturated carbocycles. The Morgan fingerprint density at radius 2 is 1.80 bits per heavy atom. The minimum Gasteiger partial charge on any atom is -0.454 e. The predicted molar refractivity (Wildman–Crippen MR) is 116 cm³/mol. The standard InChI is InChI=1S/C25H28N2O3/c1-27-17-24(16-26-27)30-23-11-7-19(8-12-23)25(29)13-10-22(28)9-6-18-14-20-4-2-3-5-21(20)15-18/h2-5,7-8,11-12,16-18,22,28H,6,9-10,13-15H2,1H3/t22-/m1/s1. The number of hydrogen-bond acceptors (Lipinski definition) is 4. The van der Waals surface area contributed by atoms with Crippen LogP contribution in [0.25, 0.3) is 0 Å². The summed E-state index contributed by atoms with van der Waals surface area (Å²) < 4.78 is 7.37. The topological polar surface area (TPSA) is 64.3 Å². The largest absolute Gasteiger partial charge is 0.454 e. The van der Waals surface area contributed by atoms with E-state index >= 15 is 0 Å². The van der Waals surface area contributed by atoms with Crippen molar-refractivity contribution in [2.45, 2.75) is 44.6 Å². The van der Waals surface area contributed by atoms with Crippen molar-refractivity contribution in [2.24, 2.45) is 13.0 Å². The lowest BCUT2D eigenvalue weighted by Gasteiger charge is -2.13. The van der Waals surface area contributed by atoms with Crippen LogP contribution >= 0.6 is 0 Å². The number of aryl methyl sites for hydroxylation is 1. The van der Waals surface area contributed by atoms with E-state index in [4.69, 9.17) is 4.74 Å². The molecule has 0 unspecified atom stereocenters. The molecule has 156 valence electrons. The van der Waals surface area contributed by atoms with E-state index in [1.54, 1.807) is 41.3 Å². The van der Waals surface area contributed by atoms with E-state index in [9.17, 15) is 9.90 Å². The molecule has 0 aliphatic heterocycles. The molecule has 0 amide bonds. The third kappa shape index (κ3) is 5.16. The van der Waals surface area contributed by atoms with Crippen molar-refractivity contribution in [3.63, 3.8) is 0 Å². The van der Waals surface area contributed by atoms with Crippen molar-refractivity contribution >= 4 is 5.78 Å². The van der Waals surface area contributed by atoms with E-state index < -0.39 is 6.10 Å². The molecule has 0 bridgehead atoms. The molecule has 3 aromatic rings. The average molecular weight is 405 g/mol. The van der Waals surface area contributed by atoms with Gasteiger partial charge in [0.15, 0.2) is 11.5 Å². The third-order valence-electron chi connectivity index (χ3n) is 5.84. The quantitative estimate of drug-likeness (QED) is 0.524. The van der Waals surface area contributed by atoms with E-state index in [0.29, 0.717) is 35.8 Å². The van der Waals surface area contributed by atoms with Gasteiger partial charge in [-0.15, -0.1) is 0 Å². The molecule has 0 saturated heterocycles. The molecule has 1 N–H and O–H groups in total. The molecule has 5 nitrogen and oxygen atoms in total. The van der Waals surface area contributed by atoms with Crippen LogP contribution in [0.15, 0.2) is 60.9 Å². The Morgan fingerprint density at radius 3 is 2.43 bits per heavy atom. The van der Waals surface area contributed by atoms with Gasteiger partial charge in [-0.3, -0.25) is 9.48 Å². The number of aliphatic hydroxyl groups excluding tert-OH is 1. The van der Waals surface area contributed by atoms with Crippen LogP contribution in [0.4, 0.5) is 0 Å². The van der Waals surface area contributed by atoms with Crippen molar-refractivity contribution in [3.05, 3.63) is 77.6 Å². The molecule has 0 fully saturated rings. The number of benzene rings is 2. The van der Waals surface area contributed by atoms with Gasteiger partial charge in [0, 0.05) is 19.0 Å². The maximum absolute atomic E-state index is 12.5. The monoisotopic (exact) mass is 404 g/mol. The lowest BCUT2D eigenvalue weighted by molar-refractivity contribution is 0.0927. The summed E-state index contributed by atoms with van der Waals surface area (Å²) in [4.78, 5) is 12.5. The first-order valence-electron chi connectivity index (χ1n) is 10.6. The summed E-state index contributed by atoms with van der Waals surface area (Å²) >= 11 is 0. The Balaban J connectivity index is 1.19. The van der Waals surface area contributed by atoms with Crippen molar-refractivity contribution in [2.75, 3.05) is 0 Å². The number of ether oxygens (including phenoxy) is 1. The number of rotatable bonds is 9. The number of carbonyl (C=O) groups excluding carboxylic acids is 1. The van der Waals surface area contributed by atoms with E-state index in [2.05, 4.69) is 29.4 Å². The molecule has 1 aromatic heterocycles. The number of fused-ring (bicyclic) bond motifs is 1. The molecular weight excluding hydrogens is 376 g/mol. The average Bonchev–Trinajstić information content (AvgIpc) is 3.36. The number of Topliss-reactive ketones (excluding diaryl/α,β-unsaturated/α-hetero) is 1. The zero-order valence-electron chi connectivity index (χ0n) is 17.3. The molecule has 30 heavy (non-hydrogen) atoms. The molecule has 1 aliphatic carbocycles. The fourth-order valence-electron chi connectivity index (χ4n) is 4.16. The smallest absolute Gasteiger partial charge is 0.165 e. The van der Waals surface area contributed by atoms with Crippen LogP contribution in [0, 0.1) is 5.92 Å². The van der Waals surface area contributed by atoms with Crippen LogP contribution in [0.1, 0.15) is 47.2 Å². The van der Waals surface area contributed by atoms with Gasteiger partial charge in [0.1, 0.15) is 5.75 Å². The van der Waals surface area contributed by atoms with Crippen molar-refractivity contribution < 1.29 is 14.6 Å². The SMILES string of the molecule is Cn1cc(Oc2ccc(C(=O)CC[C@H](O)CCC3Cc4ccccc4C3)cc2)cn1. The van der Waals surface area contributed by atoms with Gasteiger partial charge in [-0.1, -0.05) is 24.3 Å². The van der Waals surface area contributed by atoms with Crippen LogP contribution in [-0.2, 0) is 19.9 Å². The molecule has 2 aromatic carbocycles. The Kier molecular flexibility index (Phi) is 6.29. The summed E-state index contributed by atoms with van der Waals surface area (Å²) in [6.07, 6.45) is 7.83. The normalized spacial score (nSPS) is 14.5. The van der Waals surface area contributed by atoms with Crippen LogP contribution < -0.4 is 4.74 Å². The zero-order valence-corrected chi connectivity index (χ0v) is 17.3. The van der Waals surface area contributed by atoms with Gasteiger partial charge in [0.25, 0.3) is 0 Å². The van der Waals surface area contributed by atoms with Gasteiger partial charge in [0.05, 0.1) is 18.5 Å². The second-order valence-corrected chi connectivity index (χ2v) is 8.21. The summed E-state index contributed by atoms with van der Waals surface area (Å²) in [5.41, 5.74) is 3.54. The summed E-state index contributed by atoms with van der Waals surface area (Å²) in [6, 6.07) is 15.7. The Morgan fingerprint density at radius 1 is 1.10 bits per heavy atom. The third-order valence-corrected chi connectivity index (χ3v) is 5.84. The summed E-state index contributed by atoms with van der Waals surface area (Å²) in [5, 5.41) is 14.4. The van der Waals surface area contributed by atoms with Gasteiger partial charge < -0.3 is 9.84 Å². The summed E-state index contributed by atoms with van der Waals surface area (Å²) in [5.74, 6) is 1.98. The molecule has 0 radical (unpaired) electrons. The highest BCUT2D eigenvalue weighted by Crippen LogP contribution is 2.30. The van der Waals surface area contributed by atoms with E-state index in [1.807, 2.05) is 7.05 Å². The van der Waals surface area contributed by atoms with Gasteiger partial charge in [0.2, 0.25) is 0 Å². The van der Waals surface area contributed by atoms with Crippen molar-refractivity contribution in [1.29, 1.82) is 0 Å². The number of carbonyl (C=O) groups is 1. The highest BCUT2D eigenvalue weighted by molar-refractivity contribution is 5.96. The lowest BCUT2D eigenvalue weighted by Crippen LogP contribution is -2.12. The molecule has 5 heteroatoms. The first-order valence-corrected chi connectivity index (χ1v) is 10.6. The maximum atomic E-state index is 12.5. The van der Waals surface area contributed by atoms with Crippen LogP contribution in [-0.4, -0.2) is 26.8 Å². The van der Waals surface area contributed by atoms with E-state index in [-0.39, 0.29) is 5.78 Å².